The number of nitrogens with zero attached hydrogens (tertiary/aromatic N) is 1. The lowest BCUT2D eigenvalue weighted by Gasteiger charge is -2.03. The van der Waals surface area contributed by atoms with Crippen LogP contribution in [-0.4, -0.2) is 22.2 Å². The minimum Gasteiger partial charge on any atom is -0.478 e. The second-order valence-corrected chi connectivity index (χ2v) is 7.41. The number of fused-ring (bicyclic) bond motifs is 1. The van der Waals surface area contributed by atoms with E-state index in [2.05, 4.69) is 10.3 Å². The van der Waals surface area contributed by atoms with Crippen molar-refractivity contribution < 1.29 is 14.7 Å². The fraction of sp³-hybridized carbons (Fsp3) is 0.0455. The number of carbonyl (C=O) groups is 2. The third kappa shape index (κ3) is 3.54. The van der Waals surface area contributed by atoms with Crippen LogP contribution < -0.4 is 5.32 Å². The van der Waals surface area contributed by atoms with E-state index in [9.17, 15) is 14.7 Å². The third-order valence-electron chi connectivity index (χ3n) is 4.37. The van der Waals surface area contributed by atoms with Crippen LogP contribution in [0.5, 0.6) is 0 Å². The van der Waals surface area contributed by atoms with E-state index in [1.807, 2.05) is 55.5 Å². The van der Waals surface area contributed by atoms with E-state index in [1.54, 1.807) is 12.1 Å². The number of carboxylic acid groups (broad SMARTS) is 1. The van der Waals surface area contributed by atoms with Gasteiger partial charge in [0.15, 0.2) is 5.17 Å². The second kappa shape index (κ2) is 7.32. The summed E-state index contributed by atoms with van der Waals surface area (Å²) in [4.78, 5) is 28.7. The maximum absolute atomic E-state index is 12.4. The van der Waals surface area contributed by atoms with Crippen molar-refractivity contribution in [2.45, 2.75) is 6.92 Å². The minimum atomic E-state index is -1.06. The number of hydrogen-bond acceptors (Lipinski definition) is 4. The van der Waals surface area contributed by atoms with Gasteiger partial charge in [0.1, 0.15) is 0 Å². The van der Waals surface area contributed by atoms with E-state index in [0.29, 0.717) is 15.8 Å². The molecule has 0 atom stereocenters. The van der Waals surface area contributed by atoms with Gasteiger partial charge in [-0.05, 0) is 58.8 Å². The van der Waals surface area contributed by atoms with Crippen molar-refractivity contribution in [3.05, 3.63) is 82.3 Å². The first-order valence-electron chi connectivity index (χ1n) is 8.62. The lowest BCUT2D eigenvalue weighted by Crippen LogP contribution is -2.19. The number of benzene rings is 3. The summed E-state index contributed by atoms with van der Waals surface area (Å²) >= 11 is 1.20. The SMILES string of the molecule is Cc1ccc(C(=O)O)c(N=C2NC(=O)/C(=C/c3cccc4ccccc34)S2)c1. The van der Waals surface area contributed by atoms with Gasteiger partial charge >= 0.3 is 5.97 Å². The van der Waals surface area contributed by atoms with Gasteiger partial charge in [0.2, 0.25) is 0 Å². The van der Waals surface area contributed by atoms with E-state index in [0.717, 1.165) is 21.9 Å². The highest BCUT2D eigenvalue weighted by Crippen LogP contribution is 2.31. The highest BCUT2D eigenvalue weighted by atomic mass is 32.2. The van der Waals surface area contributed by atoms with Crippen LogP contribution in [0.15, 0.2) is 70.6 Å². The van der Waals surface area contributed by atoms with Gasteiger partial charge < -0.3 is 10.4 Å². The third-order valence-corrected chi connectivity index (χ3v) is 5.28. The van der Waals surface area contributed by atoms with E-state index in [4.69, 9.17) is 0 Å². The molecule has 0 unspecified atom stereocenters. The minimum absolute atomic E-state index is 0.0967. The molecular weight excluding hydrogens is 372 g/mol. The Balaban J connectivity index is 1.70. The summed E-state index contributed by atoms with van der Waals surface area (Å²) < 4.78 is 0. The van der Waals surface area contributed by atoms with E-state index in [-0.39, 0.29) is 11.5 Å². The number of aliphatic imine (C=N–C) groups is 1. The number of amidine groups is 1. The van der Waals surface area contributed by atoms with Crippen LogP contribution >= 0.6 is 11.8 Å². The summed E-state index contributed by atoms with van der Waals surface area (Å²) in [6.45, 7) is 1.86. The number of hydrogen-bond donors (Lipinski definition) is 2. The van der Waals surface area contributed by atoms with Gasteiger partial charge in [0, 0.05) is 0 Å². The molecule has 0 spiro atoms. The number of nitrogens with one attached hydrogen (secondary N) is 1. The van der Waals surface area contributed by atoms with Gasteiger partial charge in [-0.1, -0.05) is 48.5 Å². The van der Waals surface area contributed by atoms with Crippen molar-refractivity contribution in [2.24, 2.45) is 4.99 Å². The number of aryl methyl sites for hydroxylation is 1. The topological polar surface area (TPSA) is 78.8 Å². The summed E-state index contributed by atoms with van der Waals surface area (Å²) in [5, 5.41) is 14.6. The summed E-state index contributed by atoms with van der Waals surface area (Å²) in [6.07, 6.45) is 1.83. The molecule has 6 heteroatoms. The highest BCUT2D eigenvalue weighted by Gasteiger charge is 2.24. The van der Waals surface area contributed by atoms with Crippen molar-refractivity contribution in [3.63, 3.8) is 0 Å². The van der Waals surface area contributed by atoms with Crippen LogP contribution in [0.4, 0.5) is 5.69 Å². The molecular formula is C22H16N2O3S. The Labute approximate surface area is 165 Å². The first-order chi connectivity index (χ1) is 13.5. The van der Waals surface area contributed by atoms with E-state index >= 15 is 0 Å². The molecule has 3 aromatic rings. The molecule has 0 bridgehead atoms. The molecule has 138 valence electrons. The number of carboxylic acids is 1. The van der Waals surface area contributed by atoms with Gasteiger partial charge in [-0.3, -0.25) is 4.79 Å². The Hall–Kier alpha value is -3.38. The molecule has 1 saturated heterocycles. The van der Waals surface area contributed by atoms with Crippen LogP contribution in [0.25, 0.3) is 16.8 Å². The fourth-order valence-corrected chi connectivity index (χ4v) is 3.85. The maximum Gasteiger partial charge on any atom is 0.337 e. The predicted molar refractivity (Wildman–Crippen MR) is 113 cm³/mol. The largest absolute Gasteiger partial charge is 0.478 e. The van der Waals surface area contributed by atoms with E-state index in [1.165, 1.54) is 17.8 Å². The van der Waals surface area contributed by atoms with Crippen molar-refractivity contribution >= 4 is 51.3 Å². The zero-order valence-corrected chi connectivity index (χ0v) is 15.8. The first kappa shape index (κ1) is 18.0. The molecule has 0 aliphatic carbocycles. The predicted octanol–water partition coefficient (Wildman–Crippen LogP) is 4.74. The average molecular weight is 388 g/mol. The molecule has 5 nitrogen and oxygen atoms in total. The molecule has 1 aliphatic heterocycles. The molecule has 28 heavy (non-hydrogen) atoms. The standard InChI is InChI=1S/C22H16N2O3S/c1-13-9-10-17(21(26)27)18(11-13)23-22-24-20(25)19(28-22)12-15-7-4-6-14-5-2-3-8-16(14)15/h2-12H,1H3,(H,26,27)(H,23,24,25)/b19-12-. The second-order valence-electron chi connectivity index (χ2n) is 6.38. The van der Waals surface area contributed by atoms with Crippen LogP contribution in [0.3, 0.4) is 0 Å². The van der Waals surface area contributed by atoms with Crippen LogP contribution in [0, 0.1) is 6.92 Å². The molecule has 0 aromatic heterocycles. The van der Waals surface area contributed by atoms with Gasteiger partial charge in [0.25, 0.3) is 5.91 Å². The fourth-order valence-electron chi connectivity index (χ4n) is 3.02. The van der Waals surface area contributed by atoms with Gasteiger partial charge in [-0.25, -0.2) is 9.79 Å². The van der Waals surface area contributed by atoms with Gasteiger partial charge in [-0.15, -0.1) is 0 Å². The van der Waals surface area contributed by atoms with E-state index < -0.39 is 5.97 Å². The van der Waals surface area contributed by atoms with Crippen molar-refractivity contribution in [1.29, 1.82) is 0 Å². The maximum atomic E-state index is 12.4. The monoisotopic (exact) mass is 388 g/mol. The molecule has 3 aromatic carbocycles. The molecule has 1 aliphatic rings. The molecule has 1 amide bonds. The number of aromatic carboxylic acids is 1. The van der Waals surface area contributed by atoms with Gasteiger partial charge in [-0.2, -0.15) is 0 Å². The number of thioether (sulfide) groups is 1. The van der Waals surface area contributed by atoms with Gasteiger partial charge in [0.05, 0.1) is 16.2 Å². The zero-order chi connectivity index (χ0) is 19.7. The molecule has 1 heterocycles. The number of amides is 1. The smallest absolute Gasteiger partial charge is 0.337 e. The highest BCUT2D eigenvalue weighted by molar-refractivity contribution is 8.18. The Morgan fingerprint density at radius 1 is 1.11 bits per heavy atom. The number of carbonyl (C=O) groups excluding carboxylic acids is 1. The average Bonchev–Trinajstić information content (AvgIpc) is 3.01. The van der Waals surface area contributed by atoms with Crippen LogP contribution in [0.2, 0.25) is 0 Å². The van der Waals surface area contributed by atoms with Crippen LogP contribution in [0.1, 0.15) is 21.5 Å². The molecule has 2 N–H and O–H groups in total. The first-order valence-corrected chi connectivity index (χ1v) is 9.44. The molecule has 4 rings (SSSR count). The van der Waals surface area contributed by atoms with Crippen molar-refractivity contribution in [1.82, 2.24) is 5.32 Å². The quantitative estimate of drug-likeness (QED) is 0.636. The Morgan fingerprint density at radius 3 is 2.71 bits per heavy atom. The summed E-state index contributed by atoms with van der Waals surface area (Å²) in [6, 6.07) is 18.8. The Bertz CT molecular complexity index is 1180. The molecule has 1 fully saturated rings. The lowest BCUT2D eigenvalue weighted by atomic mass is 10.0. The lowest BCUT2D eigenvalue weighted by molar-refractivity contribution is -0.115. The Morgan fingerprint density at radius 2 is 1.89 bits per heavy atom. The summed E-state index contributed by atoms with van der Waals surface area (Å²) in [7, 11) is 0. The zero-order valence-electron chi connectivity index (χ0n) is 15.0. The Kier molecular flexibility index (Phi) is 4.71. The summed E-state index contributed by atoms with van der Waals surface area (Å²) in [5.74, 6) is -1.30. The molecule has 0 saturated carbocycles. The normalized spacial score (nSPS) is 16.7. The molecule has 0 radical (unpaired) electrons. The summed E-state index contributed by atoms with van der Waals surface area (Å²) in [5.41, 5.74) is 2.25. The number of rotatable bonds is 3. The van der Waals surface area contributed by atoms with Crippen molar-refractivity contribution in [2.75, 3.05) is 0 Å². The van der Waals surface area contributed by atoms with Crippen LogP contribution in [-0.2, 0) is 4.79 Å². The van der Waals surface area contributed by atoms with Crippen molar-refractivity contribution in [3.8, 4) is 0 Å².